The minimum absolute atomic E-state index is 0.305. The highest BCUT2D eigenvalue weighted by Gasteiger charge is 2.21. The molecule has 2 heterocycles. The van der Waals surface area contributed by atoms with Crippen molar-refractivity contribution >= 4 is 28.8 Å². The van der Waals surface area contributed by atoms with Gasteiger partial charge in [-0.1, -0.05) is 18.7 Å². The highest BCUT2D eigenvalue weighted by Crippen LogP contribution is 2.24. The summed E-state index contributed by atoms with van der Waals surface area (Å²) in [6, 6.07) is 7.27. The smallest absolute Gasteiger partial charge is 0.319 e. The Kier molecular flexibility index (Phi) is 5.80. The quantitative estimate of drug-likeness (QED) is 0.377. The van der Waals surface area contributed by atoms with Gasteiger partial charge in [0.2, 0.25) is 0 Å². The van der Waals surface area contributed by atoms with Crippen LogP contribution in [0, 0.1) is 0 Å². The number of nitrogens with one attached hydrogen (secondary N) is 1. The SMILES string of the molecule is CCOC(=O)C(CC)Sc1nc2c(cnn2-c2ccc(OC)cc2)c(=O)[nH]1. The van der Waals surface area contributed by atoms with E-state index in [-0.39, 0.29) is 11.5 Å². The molecule has 0 bridgehead atoms. The highest BCUT2D eigenvalue weighted by molar-refractivity contribution is 8.00. The van der Waals surface area contributed by atoms with Crippen molar-refractivity contribution in [1.82, 2.24) is 19.7 Å². The summed E-state index contributed by atoms with van der Waals surface area (Å²) >= 11 is 1.18. The number of rotatable bonds is 7. The van der Waals surface area contributed by atoms with Gasteiger partial charge in [0.1, 0.15) is 16.4 Å². The van der Waals surface area contributed by atoms with Crippen molar-refractivity contribution < 1.29 is 14.3 Å². The van der Waals surface area contributed by atoms with Crippen molar-refractivity contribution in [2.24, 2.45) is 0 Å². The molecule has 1 atom stereocenters. The fraction of sp³-hybridized carbons (Fsp3) is 0.333. The fourth-order valence-electron chi connectivity index (χ4n) is 2.53. The van der Waals surface area contributed by atoms with E-state index in [0.29, 0.717) is 29.2 Å². The summed E-state index contributed by atoms with van der Waals surface area (Å²) in [4.78, 5) is 31.7. The Hall–Kier alpha value is -2.81. The summed E-state index contributed by atoms with van der Waals surface area (Å²) in [6.45, 7) is 3.95. The Bertz CT molecular complexity index is 997. The Morgan fingerprint density at radius 1 is 1.30 bits per heavy atom. The zero-order valence-corrected chi connectivity index (χ0v) is 16.1. The van der Waals surface area contributed by atoms with Gasteiger partial charge in [-0.2, -0.15) is 5.10 Å². The van der Waals surface area contributed by atoms with E-state index >= 15 is 0 Å². The normalized spacial score (nSPS) is 12.1. The minimum atomic E-state index is -0.442. The number of carbonyl (C=O) groups excluding carboxylic acids is 1. The highest BCUT2D eigenvalue weighted by atomic mass is 32.2. The first-order chi connectivity index (χ1) is 13.1. The first-order valence-electron chi connectivity index (χ1n) is 8.53. The predicted molar refractivity (Wildman–Crippen MR) is 103 cm³/mol. The molecule has 1 aromatic carbocycles. The predicted octanol–water partition coefficient (Wildman–Crippen LogP) is 2.55. The van der Waals surface area contributed by atoms with Gasteiger partial charge in [-0.3, -0.25) is 9.59 Å². The van der Waals surface area contributed by atoms with Crippen molar-refractivity contribution in [2.45, 2.75) is 30.7 Å². The molecular formula is C18H20N4O4S. The number of hydrogen-bond acceptors (Lipinski definition) is 7. The number of ether oxygens (including phenoxy) is 2. The molecule has 3 aromatic rings. The van der Waals surface area contributed by atoms with Crippen LogP contribution in [-0.4, -0.2) is 44.7 Å². The van der Waals surface area contributed by atoms with Crippen LogP contribution in [-0.2, 0) is 9.53 Å². The molecule has 8 nitrogen and oxygen atoms in total. The Labute approximate surface area is 159 Å². The largest absolute Gasteiger partial charge is 0.497 e. The topological polar surface area (TPSA) is 99.1 Å². The van der Waals surface area contributed by atoms with Crippen molar-refractivity contribution in [3.63, 3.8) is 0 Å². The molecule has 27 heavy (non-hydrogen) atoms. The van der Waals surface area contributed by atoms with E-state index in [4.69, 9.17) is 9.47 Å². The lowest BCUT2D eigenvalue weighted by atomic mass is 10.3. The van der Waals surface area contributed by atoms with Crippen molar-refractivity contribution in [3.05, 3.63) is 40.8 Å². The zero-order valence-electron chi connectivity index (χ0n) is 15.3. The summed E-state index contributed by atoms with van der Waals surface area (Å²) in [5.74, 6) is 0.397. The molecule has 142 valence electrons. The lowest BCUT2D eigenvalue weighted by Gasteiger charge is -2.12. The van der Waals surface area contributed by atoms with Gasteiger partial charge in [0.05, 0.1) is 25.6 Å². The van der Waals surface area contributed by atoms with Gasteiger partial charge in [-0.05, 0) is 37.6 Å². The molecule has 0 fully saturated rings. The average Bonchev–Trinajstić information content (AvgIpc) is 3.11. The Balaban J connectivity index is 1.99. The maximum Gasteiger partial charge on any atom is 0.319 e. The third kappa shape index (κ3) is 3.97. The molecule has 0 aliphatic heterocycles. The Morgan fingerprint density at radius 3 is 2.67 bits per heavy atom. The van der Waals surface area contributed by atoms with Gasteiger partial charge in [0.15, 0.2) is 10.8 Å². The van der Waals surface area contributed by atoms with E-state index in [2.05, 4.69) is 15.1 Å². The van der Waals surface area contributed by atoms with Crippen LogP contribution in [0.25, 0.3) is 16.7 Å². The van der Waals surface area contributed by atoms with Gasteiger partial charge < -0.3 is 14.5 Å². The lowest BCUT2D eigenvalue weighted by Crippen LogP contribution is -2.20. The summed E-state index contributed by atoms with van der Waals surface area (Å²) in [5.41, 5.74) is 0.864. The van der Waals surface area contributed by atoms with E-state index in [1.165, 1.54) is 18.0 Å². The lowest BCUT2D eigenvalue weighted by molar-refractivity contribution is -0.142. The number of hydrogen-bond donors (Lipinski definition) is 1. The van der Waals surface area contributed by atoms with Crippen LogP contribution in [0.5, 0.6) is 5.75 Å². The average molecular weight is 388 g/mol. The molecule has 3 rings (SSSR count). The number of benzene rings is 1. The van der Waals surface area contributed by atoms with Gasteiger partial charge in [-0.25, -0.2) is 9.67 Å². The second-order valence-electron chi connectivity index (χ2n) is 5.63. The molecule has 0 saturated heterocycles. The molecule has 0 aliphatic rings. The molecule has 1 N–H and O–H groups in total. The van der Waals surface area contributed by atoms with Gasteiger partial charge in [0.25, 0.3) is 5.56 Å². The zero-order chi connectivity index (χ0) is 19.4. The molecule has 0 amide bonds. The van der Waals surface area contributed by atoms with Crippen molar-refractivity contribution in [3.8, 4) is 11.4 Å². The molecular weight excluding hydrogens is 368 g/mol. The molecule has 0 saturated carbocycles. The summed E-state index contributed by atoms with van der Waals surface area (Å²) in [6.07, 6.45) is 2.03. The molecule has 1 unspecified atom stereocenters. The molecule has 2 aromatic heterocycles. The first-order valence-corrected chi connectivity index (χ1v) is 9.41. The third-order valence-electron chi connectivity index (χ3n) is 3.91. The van der Waals surface area contributed by atoms with E-state index in [1.54, 1.807) is 30.8 Å². The first kappa shape index (κ1) is 19.0. The van der Waals surface area contributed by atoms with Gasteiger partial charge in [-0.15, -0.1) is 0 Å². The maximum atomic E-state index is 12.4. The third-order valence-corrected chi connectivity index (χ3v) is 5.13. The molecule has 9 heteroatoms. The number of esters is 1. The van der Waals surface area contributed by atoms with Crippen LogP contribution in [0.2, 0.25) is 0 Å². The molecule has 0 spiro atoms. The summed E-state index contributed by atoms with van der Waals surface area (Å²) in [7, 11) is 1.59. The van der Waals surface area contributed by atoms with E-state index in [1.807, 2.05) is 19.1 Å². The van der Waals surface area contributed by atoms with E-state index < -0.39 is 5.25 Å². The van der Waals surface area contributed by atoms with Crippen LogP contribution in [0.3, 0.4) is 0 Å². The molecule has 0 radical (unpaired) electrons. The number of methoxy groups -OCH3 is 1. The van der Waals surface area contributed by atoms with E-state index in [0.717, 1.165) is 11.4 Å². The maximum absolute atomic E-state index is 12.4. The van der Waals surface area contributed by atoms with Crippen LogP contribution in [0.1, 0.15) is 20.3 Å². The number of nitrogens with zero attached hydrogens (tertiary/aromatic N) is 3. The second kappa shape index (κ2) is 8.26. The number of H-pyrrole nitrogens is 1. The van der Waals surface area contributed by atoms with Gasteiger partial charge in [0, 0.05) is 0 Å². The summed E-state index contributed by atoms with van der Waals surface area (Å²) in [5, 5.41) is 4.56. The van der Waals surface area contributed by atoms with Crippen LogP contribution in [0.4, 0.5) is 0 Å². The number of fused-ring (bicyclic) bond motifs is 1. The number of aromatic nitrogens is 4. The van der Waals surface area contributed by atoms with Crippen molar-refractivity contribution in [1.29, 1.82) is 0 Å². The standard InChI is InChI=1S/C18H20N4O4S/c1-4-14(17(24)26-5-2)27-18-20-15-13(16(23)21-18)10-19-22(15)11-6-8-12(25-3)9-7-11/h6-10,14H,4-5H2,1-3H3,(H,20,21,23). The molecule has 0 aliphatic carbocycles. The van der Waals surface area contributed by atoms with Crippen LogP contribution < -0.4 is 10.3 Å². The fourth-order valence-corrected chi connectivity index (χ4v) is 3.43. The van der Waals surface area contributed by atoms with Gasteiger partial charge >= 0.3 is 5.97 Å². The van der Waals surface area contributed by atoms with E-state index in [9.17, 15) is 9.59 Å². The second-order valence-corrected chi connectivity index (χ2v) is 6.82. The number of carbonyl (C=O) groups is 1. The number of thioether (sulfide) groups is 1. The number of aromatic amines is 1. The Morgan fingerprint density at radius 2 is 2.04 bits per heavy atom. The van der Waals surface area contributed by atoms with Crippen LogP contribution >= 0.6 is 11.8 Å². The van der Waals surface area contributed by atoms with Crippen molar-refractivity contribution in [2.75, 3.05) is 13.7 Å². The minimum Gasteiger partial charge on any atom is -0.497 e. The monoisotopic (exact) mass is 388 g/mol. The summed E-state index contributed by atoms with van der Waals surface area (Å²) < 4.78 is 11.8. The van der Waals surface area contributed by atoms with Crippen LogP contribution in [0.15, 0.2) is 40.4 Å².